The highest BCUT2D eigenvalue weighted by Crippen LogP contribution is 2.39. The van der Waals surface area contributed by atoms with Gasteiger partial charge >= 0.3 is 0 Å². The van der Waals surface area contributed by atoms with Crippen LogP contribution in [0.4, 0.5) is 0 Å². The van der Waals surface area contributed by atoms with Crippen LogP contribution < -0.4 is 0 Å². The molecule has 0 heterocycles. The van der Waals surface area contributed by atoms with Crippen LogP contribution in [0.15, 0.2) is 24.3 Å². The van der Waals surface area contributed by atoms with E-state index in [-0.39, 0.29) is 0 Å². The summed E-state index contributed by atoms with van der Waals surface area (Å²) in [4.78, 5) is 2.46. The molecule has 1 fully saturated rings. The molecule has 100 valence electrons. The molecule has 2 heteroatoms. The molecule has 0 spiro atoms. The average Bonchev–Trinajstić information content (AvgIpc) is 2.81. The van der Waals surface area contributed by atoms with E-state index in [1.54, 1.807) is 0 Å². The van der Waals surface area contributed by atoms with Crippen molar-refractivity contribution in [1.29, 1.82) is 0 Å². The topological polar surface area (TPSA) is 3.24 Å². The zero-order valence-corrected chi connectivity index (χ0v) is 12.5. The molecule has 0 N–H and O–H groups in total. The molecule has 0 atom stereocenters. The summed E-state index contributed by atoms with van der Waals surface area (Å²) in [6.07, 6.45) is 5.49. The average molecular weight is 263 g/mol. The lowest BCUT2D eigenvalue weighted by Gasteiger charge is -2.32. The van der Waals surface area contributed by atoms with Gasteiger partial charge in [0.05, 0.1) is 0 Å². The Bertz CT molecular complexity index is 365. The van der Waals surface area contributed by atoms with Crippen LogP contribution in [0.2, 0.25) is 0 Å². The van der Waals surface area contributed by atoms with Crippen molar-refractivity contribution in [2.45, 2.75) is 39.2 Å². The predicted octanol–water partition coefficient (Wildman–Crippen LogP) is 3.92. The lowest BCUT2D eigenvalue weighted by molar-refractivity contribution is 0.196. The minimum Gasteiger partial charge on any atom is -0.302 e. The fraction of sp³-hybridized carbons (Fsp3) is 0.625. The van der Waals surface area contributed by atoms with Crippen molar-refractivity contribution in [3.05, 3.63) is 35.4 Å². The van der Waals surface area contributed by atoms with E-state index in [0.717, 1.165) is 12.3 Å². The second kappa shape index (κ2) is 6.12. The fourth-order valence-corrected chi connectivity index (χ4v) is 3.54. The van der Waals surface area contributed by atoms with E-state index in [1.807, 2.05) is 0 Å². The maximum absolute atomic E-state index is 4.59. The molecule has 0 aromatic heterocycles. The summed E-state index contributed by atoms with van der Waals surface area (Å²) < 4.78 is 0. The van der Waals surface area contributed by atoms with Gasteiger partial charge in [0, 0.05) is 13.1 Å². The van der Waals surface area contributed by atoms with E-state index in [1.165, 1.54) is 43.4 Å². The number of rotatable bonds is 5. The summed E-state index contributed by atoms with van der Waals surface area (Å²) in [6, 6.07) is 8.89. The van der Waals surface area contributed by atoms with Gasteiger partial charge in [-0.2, -0.15) is 12.6 Å². The molecule has 1 aliphatic carbocycles. The lowest BCUT2D eigenvalue weighted by Crippen LogP contribution is -2.34. The van der Waals surface area contributed by atoms with Crippen molar-refractivity contribution >= 4 is 12.6 Å². The van der Waals surface area contributed by atoms with Gasteiger partial charge in [0.2, 0.25) is 0 Å². The standard InChI is InChI=1S/C16H25NS/c1-14-5-7-15(8-6-14)11-17(2)12-16(13-18)9-3-4-10-16/h5-8,18H,3-4,9-13H2,1-2H3. The first-order valence-corrected chi connectivity index (χ1v) is 7.62. The Morgan fingerprint density at radius 1 is 1.17 bits per heavy atom. The van der Waals surface area contributed by atoms with Gasteiger partial charge in [0.25, 0.3) is 0 Å². The molecule has 1 nitrogen and oxygen atoms in total. The second-order valence-electron chi connectivity index (χ2n) is 6.02. The molecular formula is C16H25NS. The number of hydrogen-bond acceptors (Lipinski definition) is 2. The van der Waals surface area contributed by atoms with Crippen LogP contribution in [-0.4, -0.2) is 24.2 Å². The van der Waals surface area contributed by atoms with Crippen molar-refractivity contribution in [2.75, 3.05) is 19.3 Å². The number of thiol groups is 1. The SMILES string of the molecule is Cc1ccc(CN(C)CC2(CS)CCCC2)cc1. The highest BCUT2D eigenvalue weighted by molar-refractivity contribution is 7.80. The van der Waals surface area contributed by atoms with Crippen molar-refractivity contribution in [2.24, 2.45) is 5.41 Å². The highest BCUT2D eigenvalue weighted by atomic mass is 32.1. The molecule has 18 heavy (non-hydrogen) atoms. The normalized spacial score (nSPS) is 18.4. The van der Waals surface area contributed by atoms with Gasteiger partial charge in [-0.15, -0.1) is 0 Å². The predicted molar refractivity (Wildman–Crippen MR) is 82.3 cm³/mol. The highest BCUT2D eigenvalue weighted by Gasteiger charge is 2.33. The number of aryl methyl sites for hydroxylation is 1. The van der Waals surface area contributed by atoms with Crippen LogP contribution in [0.1, 0.15) is 36.8 Å². The first-order chi connectivity index (χ1) is 8.63. The van der Waals surface area contributed by atoms with Gasteiger partial charge in [-0.3, -0.25) is 0 Å². The molecule has 0 radical (unpaired) electrons. The van der Waals surface area contributed by atoms with E-state index in [9.17, 15) is 0 Å². The van der Waals surface area contributed by atoms with E-state index < -0.39 is 0 Å². The first kappa shape index (κ1) is 14.0. The van der Waals surface area contributed by atoms with Gasteiger partial charge < -0.3 is 4.90 Å². The fourth-order valence-electron chi connectivity index (χ4n) is 3.12. The molecule has 0 saturated heterocycles. The Labute approximate surface area is 117 Å². The van der Waals surface area contributed by atoms with Crippen LogP contribution in [0.3, 0.4) is 0 Å². The van der Waals surface area contributed by atoms with Gasteiger partial charge in [-0.1, -0.05) is 42.7 Å². The minimum absolute atomic E-state index is 0.475. The zero-order chi connectivity index (χ0) is 13.0. The van der Waals surface area contributed by atoms with Crippen LogP contribution in [0.5, 0.6) is 0 Å². The first-order valence-electron chi connectivity index (χ1n) is 6.99. The van der Waals surface area contributed by atoms with Crippen LogP contribution >= 0.6 is 12.6 Å². The third-order valence-corrected chi connectivity index (χ3v) is 4.85. The van der Waals surface area contributed by atoms with E-state index in [0.29, 0.717) is 5.41 Å². The smallest absolute Gasteiger partial charge is 0.0230 e. The second-order valence-corrected chi connectivity index (χ2v) is 6.34. The third kappa shape index (κ3) is 3.52. The van der Waals surface area contributed by atoms with Crippen LogP contribution in [0.25, 0.3) is 0 Å². The Balaban J connectivity index is 1.91. The third-order valence-electron chi connectivity index (χ3n) is 4.18. The van der Waals surface area contributed by atoms with Crippen molar-refractivity contribution < 1.29 is 0 Å². The summed E-state index contributed by atoms with van der Waals surface area (Å²) in [6.45, 7) is 4.38. The number of benzene rings is 1. The largest absolute Gasteiger partial charge is 0.302 e. The van der Waals surface area contributed by atoms with Gasteiger partial charge in [-0.25, -0.2) is 0 Å². The monoisotopic (exact) mass is 263 g/mol. The molecule has 0 amide bonds. The summed E-state index contributed by atoms with van der Waals surface area (Å²) in [5.41, 5.74) is 3.22. The molecular weight excluding hydrogens is 238 g/mol. The molecule has 1 saturated carbocycles. The van der Waals surface area contributed by atoms with E-state index in [2.05, 4.69) is 55.8 Å². The molecule has 0 bridgehead atoms. The van der Waals surface area contributed by atoms with Gasteiger partial charge in [-0.05, 0) is 43.5 Å². The van der Waals surface area contributed by atoms with E-state index >= 15 is 0 Å². The van der Waals surface area contributed by atoms with Crippen molar-refractivity contribution in [3.8, 4) is 0 Å². The summed E-state index contributed by atoms with van der Waals surface area (Å²) in [5, 5.41) is 0. The van der Waals surface area contributed by atoms with E-state index in [4.69, 9.17) is 0 Å². The summed E-state index contributed by atoms with van der Waals surface area (Å²) >= 11 is 4.59. The molecule has 2 rings (SSSR count). The Hall–Kier alpha value is -0.470. The minimum atomic E-state index is 0.475. The number of hydrogen-bond donors (Lipinski definition) is 1. The quantitative estimate of drug-likeness (QED) is 0.788. The molecule has 1 aromatic carbocycles. The number of nitrogens with zero attached hydrogens (tertiary/aromatic N) is 1. The molecule has 1 aromatic rings. The lowest BCUT2D eigenvalue weighted by atomic mass is 9.88. The summed E-state index contributed by atoms with van der Waals surface area (Å²) in [7, 11) is 2.24. The van der Waals surface area contributed by atoms with Crippen molar-refractivity contribution in [1.82, 2.24) is 4.90 Å². The Morgan fingerprint density at radius 3 is 2.33 bits per heavy atom. The maximum Gasteiger partial charge on any atom is 0.0230 e. The summed E-state index contributed by atoms with van der Waals surface area (Å²) in [5.74, 6) is 1.03. The molecule has 1 aliphatic rings. The van der Waals surface area contributed by atoms with Gasteiger partial charge in [0.15, 0.2) is 0 Å². The maximum atomic E-state index is 4.59. The van der Waals surface area contributed by atoms with Gasteiger partial charge in [0.1, 0.15) is 0 Å². The Kier molecular flexibility index (Phi) is 4.74. The van der Waals surface area contributed by atoms with Crippen LogP contribution in [-0.2, 0) is 6.54 Å². The van der Waals surface area contributed by atoms with Crippen LogP contribution in [0, 0.1) is 12.3 Å². The zero-order valence-electron chi connectivity index (χ0n) is 11.7. The molecule has 0 aliphatic heterocycles. The molecule has 0 unspecified atom stereocenters. The van der Waals surface area contributed by atoms with Crippen molar-refractivity contribution in [3.63, 3.8) is 0 Å². The Morgan fingerprint density at radius 2 is 1.78 bits per heavy atom.